The summed E-state index contributed by atoms with van der Waals surface area (Å²) in [6.07, 6.45) is 5.17. The van der Waals surface area contributed by atoms with Crippen LogP contribution in [0.25, 0.3) is 0 Å². The Kier molecular flexibility index (Phi) is 5.95. The molecule has 1 aromatic heterocycles. The average Bonchev–Trinajstić information content (AvgIpc) is 3.11. The highest BCUT2D eigenvalue weighted by molar-refractivity contribution is 7.92. The lowest BCUT2D eigenvalue weighted by atomic mass is 10.1. The van der Waals surface area contributed by atoms with E-state index in [9.17, 15) is 8.42 Å². The molecule has 3 rings (SSSR count). The third kappa shape index (κ3) is 5.10. The van der Waals surface area contributed by atoms with Crippen LogP contribution in [-0.4, -0.2) is 30.8 Å². The van der Waals surface area contributed by atoms with Crippen LogP contribution >= 0.6 is 0 Å². The second-order valence-corrected chi connectivity index (χ2v) is 7.76. The molecule has 3 N–H and O–H groups in total. The third-order valence-corrected chi connectivity index (χ3v) is 5.17. The molecule has 1 heterocycles. The average molecular weight is 399 g/mol. The van der Waals surface area contributed by atoms with Crippen LogP contribution in [0.4, 0.5) is 5.69 Å². The number of aromatic nitrogens is 2. The first-order valence-electron chi connectivity index (χ1n) is 8.52. The minimum absolute atomic E-state index is 0.0375. The van der Waals surface area contributed by atoms with E-state index in [1.807, 2.05) is 24.3 Å². The van der Waals surface area contributed by atoms with Gasteiger partial charge in [-0.05, 0) is 23.3 Å². The van der Waals surface area contributed by atoms with Crippen molar-refractivity contribution in [2.45, 2.75) is 11.4 Å². The first kappa shape index (κ1) is 19.4. The van der Waals surface area contributed by atoms with Crippen LogP contribution in [0.15, 0.2) is 71.2 Å². The van der Waals surface area contributed by atoms with Crippen molar-refractivity contribution >= 4 is 21.9 Å². The number of hydrogen-bond donors (Lipinski definition) is 2. The van der Waals surface area contributed by atoms with Gasteiger partial charge in [0.15, 0.2) is 5.03 Å². The zero-order valence-corrected chi connectivity index (χ0v) is 16.1. The predicted octanol–water partition coefficient (Wildman–Crippen LogP) is 2.13. The normalized spacial score (nSPS) is 11.6. The van der Waals surface area contributed by atoms with Gasteiger partial charge in [-0.3, -0.25) is 4.72 Å². The quantitative estimate of drug-likeness (QED) is 0.342. The van der Waals surface area contributed by atoms with E-state index in [1.165, 1.54) is 12.5 Å². The SMILES string of the molecule is Cn1cnc(S(=O)(=O)Nc2cccc(OCCc3ccc(C=NN)cc3)c2)c1. The summed E-state index contributed by atoms with van der Waals surface area (Å²) < 4.78 is 34.5. The van der Waals surface area contributed by atoms with E-state index in [-0.39, 0.29) is 5.03 Å². The van der Waals surface area contributed by atoms with Crippen LogP contribution in [0.5, 0.6) is 5.75 Å². The fraction of sp³-hybridized carbons (Fsp3) is 0.158. The van der Waals surface area contributed by atoms with Gasteiger partial charge in [-0.1, -0.05) is 30.3 Å². The number of sulfonamides is 1. The molecular weight excluding hydrogens is 378 g/mol. The summed E-state index contributed by atoms with van der Waals surface area (Å²) in [7, 11) is -2.03. The molecule has 0 unspecified atom stereocenters. The van der Waals surface area contributed by atoms with Gasteiger partial charge in [0.25, 0.3) is 10.0 Å². The molecule has 146 valence electrons. The molecule has 0 aliphatic heterocycles. The number of aryl methyl sites for hydroxylation is 1. The van der Waals surface area contributed by atoms with Gasteiger partial charge in [-0.2, -0.15) is 13.5 Å². The number of hydrazone groups is 1. The number of nitrogens with one attached hydrogen (secondary N) is 1. The van der Waals surface area contributed by atoms with Crippen molar-refractivity contribution in [1.82, 2.24) is 9.55 Å². The first-order chi connectivity index (χ1) is 13.5. The zero-order valence-electron chi connectivity index (χ0n) is 15.3. The van der Waals surface area contributed by atoms with Gasteiger partial charge in [-0.25, -0.2) is 4.98 Å². The van der Waals surface area contributed by atoms with Gasteiger partial charge in [0.1, 0.15) is 5.75 Å². The standard InChI is InChI=1S/C19H21N5O3S/c1-24-13-19(21-14-24)28(25,26)23-17-3-2-4-18(11-17)27-10-9-15-5-7-16(8-6-15)12-22-20/h2-8,11-14,23H,9-10,20H2,1H3. The van der Waals surface area contributed by atoms with Crippen molar-refractivity contribution in [3.63, 3.8) is 0 Å². The fourth-order valence-corrected chi connectivity index (χ4v) is 3.56. The minimum atomic E-state index is -3.74. The molecule has 9 heteroatoms. The number of nitrogens with zero attached hydrogens (tertiary/aromatic N) is 3. The highest BCUT2D eigenvalue weighted by Crippen LogP contribution is 2.20. The van der Waals surface area contributed by atoms with Gasteiger partial charge < -0.3 is 15.1 Å². The van der Waals surface area contributed by atoms with E-state index in [0.717, 1.165) is 11.1 Å². The van der Waals surface area contributed by atoms with Crippen molar-refractivity contribution in [1.29, 1.82) is 0 Å². The summed E-state index contributed by atoms with van der Waals surface area (Å²) in [5.74, 6) is 5.71. The maximum atomic E-state index is 12.4. The molecule has 3 aromatic rings. The fourth-order valence-electron chi connectivity index (χ4n) is 2.53. The molecule has 0 amide bonds. The van der Waals surface area contributed by atoms with Crippen molar-refractivity contribution < 1.29 is 13.2 Å². The smallest absolute Gasteiger partial charge is 0.280 e. The van der Waals surface area contributed by atoms with E-state index in [2.05, 4.69) is 14.8 Å². The van der Waals surface area contributed by atoms with Gasteiger partial charge in [-0.15, -0.1) is 0 Å². The lowest BCUT2D eigenvalue weighted by Gasteiger charge is -2.10. The second-order valence-electron chi connectivity index (χ2n) is 6.13. The van der Waals surface area contributed by atoms with E-state index < -0.39 is 10.0 Å². The molecule has 28 heavy (non-hydrogen) atoms. The maximum absolute atomic E-state index is 12.4. The number of rotatable bonds is 8. The van der Waals surface area contributed by atoms with Crippen molar-refractivity contribution in [2.24, 2.45) is 18.0 Å². The molecule has 0 radical (unpaired) electrons. The molecule has 0 atom stereocenters. The Labute approximate surface area is 163 Å². The largest absolute Gasteiger partial charge is 0.493 e. The second kappa shape index (κ2) is 8.57. The van der Waals surface area contributed by atoms with E-state index in [0.29, 0.717) is 24.5 Å². The third-order valence-electron chi connectivity index (χ3n) is 3.91. The van der Waals surface area contributed by atoms with Crippen LogP contribution in [0.3, 0.4) is 0 Å². The Hall–Kier alpha value is -3.33. The molecule has 0 aliphatic rings. The molecule has 0 saturated heterocycles. The first-order valence-corrected chi connectivity index (χ1v) is 10.0. The maximum Gasteiger partial charge on any atom is 0.280 e. The van der Waals surface area contributed by atoms with Crippen molar-refractivity contribution in [3.8, 4) is 5.75 Å². The molecular formula is C19H21N5O3S. The highest BCUT2D eigenvalue weighted by atomic mass is 32.2. The Balaban J connectivity index is 1.59. The molecule has 0 saturated carbocycles. The van der Waals surface area contributed by atoms with Crippen LogP contribution in [-0.2, 0) is 23.5 Å². The minimum Gasteiger partial charge on any atom is -0.493 e. The van der Waals surface area contributed by atoms with E-state index in [1.54, 1.807) is 42.1 Å². The molecule has 0 fully saturated rings. The lowest BCUT2D eigenvalue weighted by molar-refractivity contribution is 0.322. The number of imidazole rings is 1. The Bertz CT molecular complexity index is 1060. The van der Waals surface area contributed by atoms with Crippen molar-refractivity contribution in [3.05, 3.63) is 72.2 Å². The van der Waals surface area contributed by atoms with Gasteiger partial charge in [0.05, 0.1) is 24.8 Å². The van der Waals surface area contributed by atoms with Gasteiger partial charge in [0, 0.05) is 25.7 Å². The van der Waals surface area contributed by atoms with E-state index in [4.69, 9.17) is 10.6 Å². The Morgan fingerprint density at radius 3 is 2.71 bits per heavy atom. The Morgan fingerprint density at radius 2 is 2.04 bits per heavy atom. The number of benzene rings is 2. The molecule has 0 aliphatic carbocycles. The van der Waals surface area contributed by atoms with Crippen LogP contribution in [0.2, 0.25) is 0 Å². The Morgan fingerprint density at radius 1 is 1.25 bits per heavy atom. The van der Waals surface area contributed by atoms with Gasteiger partial charge >= 0.3 is 0 Å². The summed E-state index contributed by atoms with van der Waals surface area (Å²) in [6.45, 7) is 0.459. The summed E-state index contributed by atoms with van der Waals surface area (Å²) in [5, 5.41) is 3.45. The molecule has 2 aromatic carbocycles. The van der Waals surface area contributed by atoms with Gasteiger partial charge in [0.2, 0.25) is 0 Å². The van der Waals surface area contributed by atoms with E-state index >= 15 is 0 Å². The molecule has 8 nitrogen and oxygen atoms in total. The monoisotopic (exact) mass is 399 g/mol. The topological polar surface area (TPSA) is 112 Å². The van der Waals surface area contributed by atoms with Crippen LogP contribution in [0, 0.1) is 0 Å². The number of hydrogen-bond acceptors (Lipinski definition) is 6. The number of anilines is 1. The molecule has 0 bridgehead atoms. The van der Waals surface area contributed by atoms with Crippen LogP contribution in [0.1, 0.15) is 11.1 Å². The summed E-state index contributed by atoms with van der Waals surface area (Å²) in [6, 6.07) is 14.6. The number of ether oxygens (including phenoxy) is 1. The predicted molar refractivity (Wildman–Crippen MR) is 108 cm³/mol. The summed E-state index contributed by atoms with van der Waals surface area (Å²) in [4.78, 5) is 3.87. The molecule has 0 spiro atoms. The highest BCUT2D eigenvalue weighted by Gasteiger charge is 2.17. The van der Waals surface area contributed by atoms with Crippen LogP contribution < -0.4 is 15.3 Å². The van der Waals surface area contributed by atoms with Crippen molar-refractivity contribution in [2.75, 3.05) is 11.3 Å². The zero-order chi connectivity index (χ0) is 20.0. The number of nitrogens with two attached hydrogens (primary N) is 1. The lowest BCUT2D eigenvalue weighted by Crippen LogP contribution is -2.13. The summed E-state index contributed by atoms with van der Waals surface area (Å²) >= 11 is 0. The summed E-state index contributed by atoms with van der Waals surface area (Å²) in [5.41, 5.74) is 2.45.